The summed E-state index contributed by atoms with van der Waals surface area (Å²) in [6.07, 6.45) is 2.79. The number of nitrogens with two attached hydrogens (primary N) is 1. The van der Waals surface area contributed by atoms with E-state index in [1.54, 1.807) is 7.11 Å². The zero-order valence-electron chi connectivity index (χ0n) is 10.5. The van der Waals surface area contributed by atoms with Gasteiger partial charge in [0, 0.05) is 25.2 Å². The summed E-state index contributed by atoms with van der Waals surface area (Å²) < 4.78 is 7.98. The van der Waals surface area contributed by atoms with Crippen LogP contribution in [0.25, 0.3) is 11.1 Å². The normalized spacial score (nSPS) is 10.7. The molecule has 0 aliphatic heterocycles. The van der Waals surface area contributed by atoms with Crippen molar-refractivity contribution in [2.45, 2.75) is 6.42 Å². The Morgan fingerprint density at radius 1 is 1.44 bits per heavy atom. The van der Waals surface area contributed by atoms with Crippen molar-refractivity contribution in [2.75, 3.05) is 13.7 Å². The number of benzene rings is 1. The summed E-state index contributed by atoms with van der Waals surface area (Å²) in [6.45, 7) is 0.599. The molecule has 96 valence electrons. The van der Waals surface area contributed by atoms with Crippen LogP contribution in [0.5, 0.6) is 5.75 Å². The van der Waals surface area contributed by atoms with Gasteiger partial charge in [-0.3, -0.25) is 4.68 Å². The van der Waals surface area contributed by atoms with Crippen LogP contribution < -0.4 is 10.5 Å². The molecular formula is C13H16BrN3O. The number of aryl methyl sites for hydroxylation is 1. The summed E-state index contributed by atoms with van der Waals surface area (Å²) in [6, 6.07) is 6.01. The van der Waals surface area contributed by atoms with Crippen LogP contribution in [0.4, 0.5) is 0 Å². The van der Waals surface area contributed by atoms with Gasteiger partial charge in [0.1, 0.15) is 5.75 Å². The lowest BCUT2D eigenvalue weighted by Crippen LogP contribution is -2.04. The summed E-state index contributed by atoms with van der Waals surface area (Å²) in [5, 5.41) is 4.44. The first-order valence-corrected chi connectivity index (χ1v) is 6.51. The molecule has 2 aromatic rings. The molecule has 0 fully saturated rings. The Bertz CT molecular complexity index is 551. The van der Waals surface area contributed by atoms with Crippen LogP contribution in [-0.4, -0.2) is 23.4 Å². The molecule has 1 aromatic heterocycles. The minimum absolute atomic E-state index is 0.599. The van der Waals surface area contributed by atoms with Crippen molar-refractivity contribution in [3.05, 3.63) is 34.6 Å². The van der Waals surface area contributed by atoms with E-state index in [2.05, 4.69) is 21.0 Å². The minimum Gasteiger partial charge on any atom is -0.496 e. The lowest BCUT2D eigenvalue weighted by atomic mass is 10.0. The summed E-state index contributed by atoms with van der Waals surface area (Å²) in [5.74, 6) is 0.822. The highest BCUT2D eigenvalue weighted by Gasteiger charge is 2.11. The molecule has 1 aromatic carbocycles. The van der Waals surface area contributed by atoms with E-state index in [0.717, 1.165) is 33.5 Å². The molecule has 2 N–H and O–H groups in total. The van der Waals surface area contributed by atoms with E-state index < -0.39 is 0 Å². The molecule has 0 saturated carbocycles. The molecule has 0 spiro atoms. The maximum absolute atomic E-state index is 5.61. The van der Waals surface area contributed by atoms with Gasteiger partial charge in [-0.1, -0.05) is 6.07 Å². The van der Waals surface area contributed by atoms with Crippen LogP contribution in [0.1, 0.15) is 5.69 Å². The summed E-state index contributed by atoms with van der Waals surface area (Å²) in [4.78, 5) is 0. The van der Waals surface area contributed by atoms with E-state index in [9.17, 15) is 0 Å². The minimum atomic E-state index is 0.599. The molecule has 4 nitrogen and oxygen atoms in total. The number of methoxy groups -OCH3 is 1. The Kier molecular flexibility index (Phi) is 4.04. The zero-order valence-corrected chi connectivity index (χ0v) is 12.1. The van der Waals surface area contributed by atoms with Crippen molar-refractivity contribution >= 4 is 15.9 Å². The van der Waals surface area contributed by atoms with Gasteiger partial charge in [-0.15, -0.1) is 0 Å². The molecule has 0 unspecified atom stereocenters. The van der Waals surface area contributed by atoms with Crippen LogP contribution in [0.15, 0.2) is 28.9 Å². The van der Waals surface area contributed by atoms with Gasteiger partial charge in [-0.2, -0.15) is 5.10 Å². The van der Waals surface area contributed by atoms with Crippen molar-refractivity contribution in [2.24, 2.45) is 12.8 Å². The van der Waals surface area contributed by atoms with Gasteiger partial charge in [0.05, 0.1) is 17.3 Å². The predicted octanol–water partition coefficient (Wildman–Crippen LogP) is 2.36. The molecule has 0 bridgehead atoms. The molecule has 0 amide bonds. The van der Waals surface area contributed by atoms with E-state index in [0.29, 0.717) is 6.54 Å². The third-order valence-electron chi connectivity index (χ3n) is 2.75. The number of halogens is 1. The van der Waals surface area contributed by atoms with Gasteiger partial charge in [-0.25, -0.2) is 0 Å². The smallest absolute Gasteiger partial charge is 0.133 e. The topological polar surface area (TPSA) is 53.1 Å². The molecular weight excluding hydrogens is 294 g/mol. The first-order chi connectivity index (χ1) is 8.65. The molecule has 1 heterocycles. The van der Waals surface area contributed by atoms with E-state index >= 15 is 0 Å². The van der Waals surface area contributed by atoms with Crippen molar-refractivity contribution in [3.8, 4) is 16.9 Å². The summed E-state index contributed by atoms with van der Waals surface area (Å²) in [5.41, 5.74) is 8.87. The Labute approximate surface area is 115 Å². The monoisotopic (exact) mass is 309 g/mol. The average Bonchev–Trinajstić information content (AvgIpc) is 2.71. The molecule has 0 radical (unpaired) electrons. The Balaban J connectivity index is 2.44. The van der Waals surface area contributed by atoms with E-state index in [1.807, 2.05) is 36.1 Å². The third-order valence-corrected chi connectivity index (χ3v) is 3.37. The standard InChI is InChI=1S/C13H16BrN3O/c1-17-8-10(12(16-17)5-6-15)9-3-4-13(18-2)11(14)7-9/h3-4,7-8H,5-6,15H2,1-2H3. The number of hydrogen-bond donors (Lipinski definition) is 1. The van der Waals surface area contributed by atoms with Crippen LogP contribution in [0, 0.1) is 0 Å². The van der Waals surface area contributed by atoms with Crippen LogP contribution in [0.2, 0.25) is 0 Å². The lowest BCUT2D eigenvalue weighted by molar-refractivity contribution is 0.412. The van der Waals surface area contributed by atoms with Crippen molar-refractivity contribution < 1.29 is 4.74 Å². The second kappa shape index (κ2) is 5.54. The average molecular weight is 310 g/mol. The van der Waals surface area contributed by atoms with Gasteiger partial charge < -0.3 is 10.5 Å². The van der Waals surface area contributed by atoms with Gasteiger partial charge in [0.25, 0.3) is 0 Å². The Morgan fingerprint density at radius 2 is 2.22 bits per heavy atom. The van der Waals surface area contributed by atoms with Gasteiger partial charge in [0.2, 0.25) is 0 Å². The highest BCUT2D eigenvalue weighted by atomic mass is 79.9. The van der Waals surface area contributed by atoms with Crippen molar-refractivity contribution in [3.63, 3.8) is 0 Å². The van der Waals surface area contributed by atoms with E-state index in [1.165, 1.54) is 0 Å². The second-order valence-corrected chi connectivity index (χ2v) is 4.91. The Morgan fingerprint density at radius 3 is 2.83 bits per heavy atom. The third kappa shape index (κ3) is 2.57. The molecule has 5 heteroatoms. The van der Waals surface area contributed by atoms with Gasteiger partial charge in [0.15, 0.2) is 0 Å². The molecule has 0 aliphatic rings. The number of nitrogens with zero attached hydrogens (tertiary/aromatic N) is 2. The van der Waals surface area contributed by atoms with Gasteiger partial charge >= 0.3 is 0 Å². The predicted molar refractivity (Wildman–Crippen MR) is 75.7 cm³/mol. The summed E-state index contributed by atoms with van der Waals surface area (Å²) >= 11 is 3.50. The molecule has 2 rings (SSSR count). The number of hydrogen-bond acceptors (Lipinski definition) is 3. The zero-order chi connectivity index (χ0) is 13.1. The first kappa shape index (κ1) is 13.1. The number of rotatable bonds is 4. The van der Waals surface area contributed by atoms with E-state index in [-0.39, 0.29) is 0 Å². The number of aromatic nitrogens is 2. The first-order valence-electron chi connectivity index (χ1n) is 5.72. The molecule has 0 saturated heterocycles. The SMILES string of the molecule is COc1ccc(-c2cn(C)nc2CCN)cc1Br. The lowest BCUT2D eigenvalue weighted by Gasteiger charge is -2.06. The molecule has 0 atom stereocenters. The van der Waals surface area contributed by atoms with Crippen molar-refractivity contribution in [1.82, 2.24) is 9.78 Å². The van der Waals surface area contributed by atoms with E-state index in [4.69, 9.17) is 10.5 Å². The number of ether oxygens (including phenoxy) is 1. The quantitative estimate of drug-likeness (QED) is 0.943. The molecule has 0 aliphatic carbocycles. The highest BCUT2D eigenvalue weighted by Crippen LogP contribution is 2.31. The fourth-order valence-electron chi connectivity index (χ4n) is 1.93. The van der Waals surface area contributed by atoms with Crippen LogP contribution in [-0.2, 0) is 13.5 Å². The second-order valence-electron chi connectivity index (χ2n) is 4.05. The van der Waals surface area contributed by atoms with Crippen LogP contribution in [0.3, 0.4) is 0 Å². The largest absolute Gasteiger partial charge is 0.496 e. The summed E-state index contributed by atoms with van der Waals surface area (Å²) in [7, 11) is 3.58. The van der Waals surface area contributed by atoms with Crippen molar-refractivity contribution in [1.29, 1.82) is 0 Å². The fraction of sp³-hybridized carbons (Fsp3) is 0.308. The van der Waals surface area contributed by atoms with Crippen LogP contribution >= 0.6 is 15.9 Å². The Hall–Kier alpha value is -1.33. The highest BCUT2D eigenvalue weighted by molar-refractivity contribution is 9.10. The molecule has 18 heavy (non-hydrogen) atoms. The fourth-order valence-corrected chi connectivity index (χ4v) is 2.47. The maximum atomic E-state index is 5.61. The maximum Gasteiger partial charge on any atom is 0.133 e. The van der Waals surface area contributed by atoms with Gasteiger partial charge in [-0.05, 0) is 40.2 Å².